The Balaban J connectivity index is 1.37. The third-order valence-corrected chi connectivity index (χ3v) is 5.75. The van der Waals surface area contributed by atoms with Crippen molar-refractivity contribution in [3.8, 4) is 0 Å². The average Bonchev–Trinajstić information content (AvgIpc) is 3.42. The first kappa shape index (κ1) is 21.8. The summed E-state index contributed by atoms with van der Waals surface area (Å²) < 4.78 is 0. The van der Waals surface area contributed by atoms with E-state index >= 15 is 0 Å². The summed E-state index contributed by atoms with van der Waals surface area (Å²) >= 11 is 1.36. The lowest BCUT2D eigenvalue weighted by Crippen LogP contribution is -2.37. The van der Waals surface area contributed by atoms with Crippen LogP contribution in [-0.4, -0.2) is 43.4 Å². The van der Waals surface area contributed by atoms with Gasteiger partial charge in [0.15, 0.2) is 0 Å². The van der Waals surface area contributed by atoms with E-state index < -0.39 is 0 Å². The first-order valence-electron chi connectivity index (χ1n) is 10.3. The van der Waals surface area contributed by atoms with Crippen LogP contribution in [0.25, 0.3) is 0 Å². The zero-order chi connectivity index (χ0) is 21.3. The average molecular weight is 429 g/mol. The van der Waals surface area contributed by atoms with Crippen molar-refractivity contribution in [2.45, 2.75) is 38.6 Å². The third-order valence-electron chi connectivity index (χ3n) is 4.88. The summed E-state index contributed by atoms with van der Waals surface area (Å²) in [6.45, 7) is 4.15. The zero-order valence-electron chi connectivity index (χ0n) is 17.1. The molecule has 1 unspecified atom stereocenters. The van der Waals surface area contributed by atoms with Crippen molar-refractivity contribution in [1.29, 1.82) is 0 Å². The topological polar surface area (TPSA) is 90.5 Å². The first-order valence-corrected chi connectivity index (χ1v) is 11.1. The van der Waals surface area contributed by atoms with Crippen LogP contribution in [0.1, 0.15) is 42.3 Å². The number of nitrogens with zero attached hydrogens (tertiary/aromatic N) is 1. The Morgan fingerprint density at radius 1 is 1.10 bits per heavy atom. The summed E-state index contributed by atoms with van der Waals surface area (Å²) in [5.41, 5.74) is 1.88. The molecule has 0 spiro atoms. The fourth-order valence-electron chi connectivity index (χ4n) is 3.43. The summed E-state index contributed by atoms with van der Waals surface area (Å²) in [5.74, 6) is -0.522. The smallest absolute Gasteiger partial charge is 0.261 e. The highest BCUT2D eigenvalue weighted by atomic mass is 32.1. The lowest BCUT2D eigenvalue weighted by molar-refractivity contribution is -0.122. The molecule has 0 aliphatic carbocycles. The second kappa shape index (κ2) is 10.8. The normalized spacial score (nSPS) is 14.2. The van der Waals surface area contributed by atoms with E-state index in [0.29, 0.717) is 4.88 Å². The molecule has 0 saturated carbocycles. The van der Waals surface area contributed by atoms with E-state index in [1.54, 1.807) is 13.0 Å². The highest BCUT2D eigenvalue weighted by molar-refractivity contribution is 7.12. The fourth-order valence-corrected chi connectivity index (χ4v) is 4.07. The molecular formula is C22H28N4O3S. The SMILES string of the molecule is CC(CC(=O)Nc1cccc(N2CCCC2)c1)NC(=O)CCNC(=O)c1cccs1. The fraction of sp³-hybridized carbons (Fsp3) is 0.409. The van der Waals surface area contributed by atoms with E-state index in [9.17, 15) is 14.4 Å². The van der Waals surface area contributed by atoms with Crippen LogP contribution >= 0.6 is 11.3 Å². The molecule has 7 nitrogen and oxygen atoms in total. The van der Waals surface area contributed by atoms with Crippen molar-refractivity contribution in [1.82, 2.24) is 10.6 Å². The first-order chi connectivity index (χ1) is 14.5. The van der Waals surface area contributed by atoms with Gasteiger partial charge in [0.2, 0.25) is 11.8 Å². The number of benzene rings is 1. The molecule has 1 aromatic heterocycles. The number of rotatable bonds is 9. The monoisotopic (exact) mass is 428 g/mol. The Morgan fingerprint density at radius 3 is 2.63 bits per heavy atom. The number of anilines is 2. The summed E-state index contributed by atoms with van der Waals surface area (Å²) in [7, 11) is 0. The molecule has 0 radical (unpaired) electrons. The van der Waals surface area contributed by atoms with Gasteiger partial charge in [-0.05, 0) is 49.4 Å². The number of hydrogen-bond acceptors (Lipinski definition) is 5. The number of thiophene rings is 1. The molecule has 8 heteroatoms. The van der Waals surface area contributed by atoms with Crippen LogP contribution in [0.5, 0.6) is 0 Å². The molecule has 0 bridgehead atoms. The van der Waals surface area contributed by atoms with E-state index in [4.69, 9.17) is 0 Å². The standard InChI is InChI=1S/C22H28N4O3S/c1-16(24-20(27)9-10-23-22(29)19-8-5-13-30-19)14-21(28)25-17-6-4-7-18(15-17)26-11-2-3-12-26/h4-8,13,15-16H,2-3,9-12,14H2,1H3,(H,23,29)(H,24,27)(H,25,28). The van der Waals surface area contributed by atoms with Crippen molar-refractivity contribution < 1.29 is 14.4 Å². The maximum Gasteiger partial charge on any atom is 0.261 e. The zero-order valence-corrected chi connectivity index (χ0v) is 18.0. The van der Waals surface area contributed by atoms with E-state index in [2.05, 4.69) is 26.9 Å². The Kier molecular flexibility index (Phi) is 7.84. The predicted octanol–water partition coefficient (Wildman–Crippen LogP) is 3.00. The molecule has 30 heavy (non-hydrogen) atoms. The number of carbonyl (C=O) groups is 3. The number of nitrogens with one attached hydrogen (secondary N) is 3. The van der Waals surface area contributed by atoms with Crippen LogP contribution in [0.3, 0.4) is 0 Å². The Hall–Kier alpha value is -2.87. The lowest BCUT2D eigenvalue weighted by atomic mass is 10.2. The molecule has 3 amide bonds. The van der Waals surface area contributed by atoms with Gasteiger partial charge in [0.05, 0.1) is 4.88 Å². The van der Waals surface area contributed by atoms with Gasteiger partial charge < -0.3 is 20.9 Å². The van der Waals surface area contributed by atoms with Gasteiger partial charge in [-0.1, -0.05) is 12.1 Å². The van der Waals surface area contributed by atoms with Crippen molar-refractivity contribution in [2.75, 3.05) is 29.9 Å². The van der Waals surface area contributed by atoms with Gasteiger partial charge in [0.25, 0.3) is 5.91 Å². The Labute approximate surface area is 180 Å². The van der Waals surface area contributed by atoms with Crippen molar-refractivity contribution in [3.63, 3.8) is 0 Å². The van der Waals surface area contributed by atoms with Crippen molar-refractivity contribution in [3.05, 3.63) is 46.7 Å². The number of carbonyl (C=O) groups excluding carboxylic acids is 3. The summed E-state index contributed by atoms with van der Waals surface area (Å²) in [5, 5.41) is 10.3. The lowest BCUT2D eigenvalue weighted by Gasteiger charge is -2.19. The maximum atomic E-state index is 12.3. The van der Waals surface area contributed by atoms with Gasteiger partial charge in [-0.3, -0.25) is 14.4 Å². The van der Waals surface area contributed by atoms with Crippen LogP contribution in [0.4, 0.5) is 11.4 Å². The highest BCUT2D eigenvalue weighted by Crippen LogP contribution is 2.23. The second-order valence-corrected chi connectivity index (χ2v) is 8.40. The number of hydrogen-bond donors (Lipinski definition) is 3. The summed E-state index contributed by atoms with van der Waals surface area (Å²) in [6.07, 6.45) is 2.75. The minimum Gasteiger partial charge on any atom is -0.371 e. The molecule has 2 aromatic rings. The highest BCUT2D eigenvalue weighted by Gasteiger charge is 2.15. The second-order valence-electron chi connectivity index (χ2n) is 7.45. The minimum absolute atomic E-state index is 0.146. The van der Waals surface area contributed by atoms with Crippen LogP contribution < -0.4 is 20.9 Å². The molecule has 1 fully saturated rings. The van der Waals surface area contributed by atoms with E-state index in [-0.39, 0.29) is 43.1 Å². The largest absolute Gasteiger partial charge is 0.371 e. The predicted molar refractivity (Wildman–Crippen MR) is 120 cm³/mol. The van der Waals surface area contributed by atoms with Gasteiger partial charge in [-0.25, -0.2) is 0 Å². The van der Waals surface area contributed by atoms with E-state index in [1.165, 1.54) is 24.2 Å². The van der Waals surface area contributed by atoms with Gasteiger partial charge >= 0.3 is 0 Å². The van der Waals surface area contributed by atoms with Crippen LogP contribution in [0.15, 0.2) is 41.8 Å². The quantitative estimate of drug-likeness (QED) is 0.573. The molecule has 1 atom stereocenters. The van der Waals surface area contributed by atoms with Crippen molar-refractivity contribution >= 4 is 40.4 Å². The third kappa shape index (κ3) is 6.59. The van der Waals surface area contributed by atoms with Gasteiger partial charge in [-0.2, -0.15) is 0 Å². The van der Waals surface area contributed by atoms with Crippen LogP contribution in [-0.2, 0) is 9.59 Å². The maximum absolute atomic E-state index is 12.3. The Morgan fingerprint density at radius 2 is 1.90 bits per heavy atom. The Bertz CT molecular complexity index is 863. The van der Waals surface area contributed by atoms with Crippen LogP contribution in [0, 0.1) is 0 Å². The molecule has 3 rings (SSSR count). The molecule has 160 valence electrons. The molecule has 1 aromatic carbocycles. The molecule has 3 N–H and O–H groups in total. The van der Waals surface area contributed by atoms with Crippen LogP contribution in [0.2, 0.25) is 0 Å². The van der Waals surface area contributed by atoms with Gasteiger partial charge in [-0.15, -0.1) is 11.3 Å². The molecule has 2 heterocycles. The van der Waals surface area contributed by atoms with E-state index in [1.807, 2.05) is 29.6 Å². The summed E-state index contributed by atoms with van der Waals surface area (Å²) in [6, 6.07) is 11.1. The molecule has 1 saturated heterocycles. The minimum atomic E-state index is -0.299. The van der Waals surface area contributed by atoms with Crippen molar-refractivity contribution in [2.24, 2.45) is 0 Å². The molecule has 1 aliphatic rings. The number of amides is 3. The summed E-state index contributed by atoms with van der Waals surface area (Å²) in [4.78, 5) is 39.2. The van der Waals surface area contributed by atoms with Gasteiger partial charge in [0, 0.05) is 49.9 Å². The van der Waals surface area contributed by atoms with E-state index in [0.717, 1.165) is 24.5 Å². The molecule has 1 aliphatic heterocycles. The van der Waals surface area contributed by atoms with Gasteiger partial charge in [0.1, 0.15) is 0 Å². The molecular weight excluding hydrogens is 400 g/mol.